The van der Waals surface area contributed by atoms with Gasteiger partial charge in [0.15, 0.2) is 0 Å². The summed E-state index contributed by atoms with van der Waals surface area (Å²) < 4.78 is 0. The molecule has 0 radical (unpaired) electrons. The van der Waals surface area contributed by atoms with Crippen molar-refractivity contribution >= 4 is 61.8 Å². The first-order valence-electron chi connectivity index (χ1n) is 9.92. The molecule has 0 fully saturated rings. The van der Waals surface area contributed by atoms with Crippen LogP contribution in [0.1, 0.15) is 0 Å². The van der Waals surface area contributed by atoms with Crippen LogP contribution in [-0.2, 0) is 0 Å². The number of rotatable bonds is 4. The monoisotopic (exact) mass is 452 g/mol. The van der Waals surface area contributed by atoms with Crippen molar-refractivity contribution in [3.63, 3.8) is 0 Å². The summed E-state index contributed by atoms with van der Waals surface area (Å²) >= 11 is 3.31. The zero-order valence-electron chi connectivity index (χ0n) is 16.7. The summed E-state index contributed by atoms with van der Waals surface area (Å²) in [6, 6.07) is 17.8. The van der Waals surface area contributed by atoms with Crippen LogP contribution in [0, 0.1) is 0 Å². The maximum absolute atomic E-state index is 5.87. The van der Waals surface area contributed by atoms with Crippen molar-refractivity contribution in [2.24, 2.45) is 0 Å². The van der Waals surface area contributed by atoms with E-state index in [-0.39, 0.29) is 0 Å². The third-order valence-corrected chi connectivity index (χ3v) is 6.84. The Morgan fingerprint density at radius 3 is 2.09 bits per heavy atom. The highest BCUT2D eigenvalue weighted by Gasteiger charge is 2.19. The molecular weight excluding hydrogens is 436 g/mol. The van der Waals surface area contributed by atoms with E-state index in [9.17, 15) is 0 Å². The lowest BCUT2D eigenvalue weighted by Gasteiger charge is -2.14. The molecule has 0 aliphatic carbocycles. The van der Waals surface area contributed by atoms with Gasteiger partial charge in [0.2, 0.25) is 0 Å². The SMILES string of the molecule is Nc1ccc(Nc2c3nccnc3cc3nc(-c4cccs4)c(-c4cccs4)nc23)cc1. The van der Waals surface area contributed by atoms with Gasteiger partial charge in [0, 0.05) is 23.8 Å². The third kappa shape index (κ3) is 3.26. The molecule has 154 valence electrons. The van der Waals surface area contributed by atoms with E-state index >= 15 is 0 Å². The number of nitrogens with two attached hydrogens (primary N) is 1. The van der Waals surface area contributed by atoms with Crippen LogP contribution in [0.3, 0.4) is 0 Å². The lowest BCUT2D eigenvalue weighted by molar-refractivity contribution is 1.27. The van der Waals surface area contributed by atoms with E-state index in [4.69, 9.17) is 15.7 Å². The predicted molar refractivity (Wildman–Crippen MR) is 133 cm³/mol. The molecule has 0 saturated heterocycles. The Balaban J connectivity index is 1.67. The number of benzene rings is 2. The van der Waals surface area contributed by atoms with Gasteiger partial charge in [0.1, 0.15) is 22.4 Å². The summed E-state index contributed by atoms with van der Waals surface area (Å²) in [4.78, 5) is 21.5. The summed E-state index contributed by atoms with van der Waals surface area (Å²) in [6.07, 6.45) is 3.38. The highest BCUT2D eigenvalue weighted by atomic mass is 32.1. The molecule has 6 aromatic rings. The molecule has 0 amide bonds. The molecule has 0 aliphatic rings. The quantitative estimate of drug-likeness (QED) is 0.239. The first-order valence-corrected chi connectivity index (χ1v) is 11.7. The molecule has 0 unspecified atom stereocenters. The summed E-state index contributed by atoms with van der Waals surface area (Å²) in [7, 11) is 0. The molecule has 0 spiro atoms. The Morgan fingerprint density at radius 1 is 0.719 bits per heavy atom. The van der Waals surface area contributed by atoms with Crippen molar-refractivity contribution in [2.75, 3.05) is 11.1 Å². The molecule has 2 aromatic carbocycles. The number of thiophene rings is 2. The van der Waals surface area contributed by atoms with Crippen molar-refractivity contribution in [1.82, 2.24) is 19.9 Å². The van der Waals surface area contributed by atoms with Crippen molar-refractivity contribution in [2.45, 2.75) is 0 Å². The minimum absolute atomic E-state index is 0.707. The molecule has 6 nitrogen and oxygen atoms in total. The number of fused-ring (bicyclic) bond motifs is 2. The smallest absolute Gasteiger partial charge is 0.115 e. The second-order valence-corrected chi connectivity index (χ2v) is 9.06. The molecule has 4 aromatic heterocycles. The van der Waals surface area contributed by atoms with Crippen LogP contribution in [0.15, 0.2) is 77.8 Å². The van der Waals surface area contributed by atoms with Gasteiger partial charge < -0.3 is 11.1 Å². The fraction of sp³-hybridized carbons (Fsp3) is 0. The van der Waals surface area contributed by atoms with Crippen molar-refractivity contribution in [3.05, 3.63) is 77.8 Å². The van der Waals surface area contributed by atoms with Gasteiger partial charge in [-0.2, -0.15) is 0 Å². The Bertz CT molecular complexity index is 1540. The van der Waals surface area contributed by atoms with Crippen LogP contribution in [0.4, 0.5) is 17.1 Å². The predicted octanol–water partition coefficient (Wildman–Crippen LogP) is 6.36. The number of aromatic nitrogens is 4. The van der Waals surface area contributed by atoms with Gasteiger partial charge in [-0.15, -0.1) is 22.7 Å². The molecular formula is C24H16N6S2. The number of nitrogens with one attached hydrogen (secondary N) is 1. The summed E-state index contributed by atoms with van der Waals surface area (Å²) in [5.41, 5.74) is 13.0. The summed E-state index contributed by atoms with van der Waals surface area (Å²) in [5.74, 6) is 0. The highest BCUT2D eigenvalue weighted by Crippen LogP contribution is 2.39. The number of nitrogens with zero attached hydrogens (tertiary/aromatic N) is 4. The lowest BCUT2D eigenvalue weighted by Crippen LogP contribution is -2.01. The second kappa shape index (κ2) is 7.67. The average molecular weight is 453 g/mol. The minimum Gasteiger partial charge on any atom is -0.399 e. The van der Waals surface area contributed by atoms with E-state index in [1.54, 1.807) is 35.1 Å². The molecule has 32 heavy (non-hydrogen) atoms. The van der Waals surface area contributed by atoms with Crippen LogP contribution in [0.25, 0.3) is 43.2 Å². The van der Waals surface area contributed by atoms with E-state index in [1.165, 1.54) is 0 Å². The van der Waals surface area contributed by atoms with E-state index in [0.29, 0.717) is 5.69 Å². The van der Waals surface area contributed by atoms with E-state index in [2.05, 4.69) is 38.2 Å². The zero-order valence-corrected chi connectivity index (χ0v) is 18.3. The highest BCUT2D eigenvalue weighted by molar-refractivity contribution is 7.14. The number of anilines is 3. The summed E-state index contributed by atoms with van der Waals surface area (Å²) in [6.45, 7) is 0. The Labute approximate surface area is 191 Å². The molecule has 4 heterocycles. The van der Waals surface area contributed by atoms with Gasteiger partial charge >= 0.3 is 0 Å². The average Bonchev–Trinajstić information content (AvgIpc) is 3.54. The summed E-state index contributed by atoms with van der Waals surface area (Å²) in [5, 5.41) is 7.60. The van der Waals surface area contributed by atoms with Crippen molar-refractivity contribution < 1.29 is 0 Å². The molecule has 3 N–H and O–H groups in total. The fourth-order valence-corrected chi connectivity index (χ4v) is 5.05. The fourth-order valence-electron chi connectivity index (χ4n) is 3.62. The van der Waals surface area contributed by atoms with E-state index in [1.807, 2.05) is 42.5 Å². The third-order valence-electron chi connectivity index (χ3n) is 5.09. The largest absolute Gasteiger partial charge is 0.399 e. The van der Waals surface area contributed by atoms with Gasteiger partial charge in [-0.1, -0.05) is 12.1 Å². The Hall–Kier alpha value is -3.88. The van der Waals surface area contributed by atoms with Crippen LogP contribution >= 0.6 is 22.7 Å². The maximum atomic E-state index is 5.87. The van der Waals surface area contributed by atoms with Crippen LogP contribution < -0.4 is 11.1 Å². The topological polar surface area (TPSA) is 89.6 Å². The van der Waals surface area contributed by atoms with E-state index < -0.39 is 0 Å². The maximum Gasteiger partial charge on any atom is 0.115 e. The Morgan fingerprint density at radius 2 is 1.41 bits per heavy atom. The molecule has 8 heteroatoms. The van der Waals surface area contributed by atoms with Crippen molar-refractivity contribution in [3.8, 4) is 21.1 Å². The number of nitrogen functional groups attached to an aromatic ring is 1. The van der Waals surface area contributed by atoms with Gasteiger partial charge in [-0.05, 0) is 53.2 Å². The standard InChI is InChI=1S/C24H16N6S2/c25-14-5-7-15(8-6-14)28-24-20-16(26-9-10-27-20)13-17-21(24)30-23(19-4-2-12-32-19)22(29-17)18-3-1-11-31-18/h1-13,28H,25H2. The van der Waals surface area contributed by atoms with Crippen LogP contribution in [-0.4, -0.2) is 19.9 Å². The number of hydrogen-bond donors (Lipinski definition) is 2. The minimum atomic E-state index is 0.707. The van der Waals surface area contributed by atoms with E-state index in [0.717, 1.165) is 54.6 Å². The molecule has 0 atom stereocenters. The zero-order chi connectivity index (χ0) is 21.5. The second-order valence-electron chi connectivity index (χ2n) is 7.17. The first kappa shape index (κ1) is 18.9. The lowest BCUT2D eigenvalue weighted by atomic mass is 10.1. The number of hydrogen-bond acceptors (Lipinski definition) is 8. The van der Waals surface area contributed by atoms with Crippen molar-refractivity contribution in [1.29, 1.82) is 0 Å². The molecule has 0 bridgehead atoms. The van der Waals surface area contributed by atoms with Gasteiger partial charge in [0.05, 0.1) is 26.5 Å². The Kier molecular flexibility index (Phi) is 4.52. The van der Waals surface area contributed by atoms with Gasteiger partial charge in [-0.3, -0.25) is 9.97 Å². The molecule has 0 saturated carbocycles. The molecule has 0 aliphatic heterocycles. The normalized spacial score (nSPS) is 11.2. The first-order chi connectivity index (χ1) is 15.8. The molecule has 6 rings (SSSR count). The van der Waals surface area contributed by atoms with Gasteiger partial charge in [0.25, 0.3) is 0 Å². The van der Waals surface area contributed by atoms with Crippen LogP contribution in [0.2, 0.25) is 0 Å². The van der Waals surface area contributed by atoms with Gasteiger partial charge in [-0.25, -0.2) is 9.97 Å². The van der Waals surface area contributed by atoms with Crippen LogP contribution in [0.5, 0.6) is 0 Å².